The molecule has 1 atom stereocenters. The molecular weight excluding hydrogens is 96.1 g/mol. The van der Waals surface area contributed by atoms with Crippen molar-refractivity contribution in [1.82, 2.24) is 0 Å². The Labute approximate surface area is 53.3 Å². The maximum absolute atomic E-state index is 2.30. The van der Waals surface area contributed by atoms with Crippen LogP contribution in [-0.4, -0.2) is 0 Å². The molecule has 8 heavy (non-hydrogen) atoms. The molecule has 0 aliphatic rings. The second-order valence-corrected chi connectivity index (χ2v) is 2.65. The standard InChI is InChI=1S/C8H17/c1-5-8(6-2)7(3)4/h5,7-8H,6H2,1-4H3/q-1. The first kappa shape index (κ1) is 8.00. The van der Waals surface area contributed by atoms with E-state index in [1.54, 1.807) is 0 Å². The Balaban J connectivity index is 3.35. The van der Waals surface area contributed by atoms with Gasteiger partial charge < -0.3 is 6.42 Å². The second-order valence-electron chi connectivity index (χ2n) is 2.65. The van der Waals surface area contributed by atoms with Crippen molar-refractivity contribution in [2.75, 3.05) is 0 Å². The van der Waals surface area contributed by atoms with E-state index in [4.69, 9.17) is 0 Å². The minimum Gasteiger partial charge on any atom is -0.328 e. The summed E-state index contributed by atoms with van der Waals surface area (Å²) in [6, 6.07) is 0. The summed E-state index contributed by atoms with van der Waals surface area (Å²) >= 11 is 0. The molecule has 0 heterocycles. The molecule has 0 saturated heterocycles. The Bertz CT molecular complexity index is 42.0. The van der Waals surface area contributed by atoms with Gasteiger partial charge in [0.1, 0.15) is 0 Å². The van der Waals surface area contributed by atoms with Gasteiger partial charge in [0.15, 0.2) is 0 Å². The molecule has 0 aromatic rings. The lowest BCUT2D eigenvalue weighted by Crippen LogP contribution is -2.05. The third kappa shape index (κ3) is 2.34. The van der Waals surface area contributed by atoms with Gasteiger partial charge in [-0.05, 0) is 0 Å². The molecule has 0 rings (SSSR count). The first-order valence-corrected chi connectivity index (χ1v) is 3.51. The Morgan fingerprint density at radius 3 is 1.88 bits per heavy atom. The molecule has 0 bridgehead atoms. The van der Waals surface area contributed by atoms with E-state index in [0.29, 0.717) is 0 Å². The van der Waals surface area contributed by atoms with Crippen LogP contribution in [0.25, 0.3) is 0 Å². The van der Waals surface area contributed by atoms with E-state index in [-0.39, 0.29) is 0 Å². The molecule has 0 saturated carbocycles. The summed E-state index contributed by atoms with van der Waals surface area (Å²) in [5.41, 5.74) is 0. The highest BCUT2D eigenvalue weighted by molar-refractivity contribution is 4.72. The van der Waals surface area contributed by atoms with E-state index in [0.717, 1.165) is 11.8 Å². The lowest BCUT2D eigenvalue weighted by atomic mass is 9.91. The molecule has 0 N–H and O–H groups in total. The Morgan fingerprint density at radius 1 is 1.38 bits per heavy atom. The molecule has 0 fully saturated rings. The molecule has 1 unspecified atom stereocenters. The van der Waals surface area contributed by atoms with Crippen molar-refractivity contribution < 1.29 is 0 Å². The summed E-state index contributed by atoms with van der Waals surface area (Å²) in [6.07, 6.45) is 3.58. The third-order valence-electron chi connectivity index (χ3n) is 1.76. The summed E-state index contributed by atoms with van der Waals surface area (Å²) in [4.78, 5) is 0. The number of hydrogen-bond donors (Lipinski definition) is 0. The Kier molecular flexibility index (Phi) is 3.94. The molecule has 0 aromatic heterocycles. The van der Waals surface area contributed by atoms with Crippen LogP contribution in [0, 0.1) is 18.3 Å². The van der Waals surface area contributed by atoms with Crippen molar-refractivity contribution in [2.24, 2.45) is 11.8 Å². The van der Waals surface area contributed by atoms with Crippen LogP contribution in [0.15, 0.2) is 0 Å². The molecule has 0 aromatic carbocycles. The van der Waals surface area contributed by atoms with Gasteiger partial charge in [-0.25, -0.2) is 0 Å². The highest BCUT2D eigenvalue weighted by Gasteiger charge is 1.97. The fourth-order valence-electron chi connectivity index (χ4n) is 1.09. The fourth-order valence-corrected chi connectivity index (χ4v) is 1.09. The lowest BCUT2D eigenvalue weighted by Gasteiger charge is -2.24. The molecule has 0 spiro atoms. The van der Waals surface area contributed by atoms with Crippen LogP contribution in [0.2, 0.25) is 0 Å². The normalized spacial score (nSPS) is 14.6. The van der Waals surface area contributed by atoms with Crippen LogP contribution >= 0.6 is 0 Å². The van der Waals surface area contributed by atoms with Crippen molar-refractivity contribution in [3.8, 4) is 0 Å². The zero-order chi connectivity index (χ0) is 6.57. The molecular formula is C8H17-. The molecule has 0 aliphatic heterocycles. The van der Waals surface area contributed by atoms with Crippen LogP contribution < -0.4 is 0 Å². The van der Waals surface area contributed by atoms with Crippen molar-refractivity contribution in [2.45, 2.75) is 34.1 Å². The topological polar surface area (TPSA) is 0 Å². The van der Waals surface area contributed by atoms with Gasteiger partial charge in [-0.3, -0.25) is 0 Å². The van der Waals surface area contributed by atoms with Gasteiger partial charge in [0.2, 0.25) is 0 Å². The minimum absolute atomic E-state index is 0.824. The Morgan fingerprint density at radius 2 is 1.88 bits per heavy atom. The smallest absolute Gasteiger partial charge is 0.0650 e. The van der Waals surface area contributed by atoms with Crippen molar-refractivity contribution in [3.63, 3.8) is 0 Å². The van der Waals surface area contributed by atoms with Crippen LogP contribution in [0.3, 0.4) is 0 Å². The highest BCUT2D eigenvalue weighted by atomic mass is 14.1. The van der Waals surface area contributed by atoms with Crippen LogP contribution in [0.1, 0.15) is 34.1 Å². The Hall–Kier alpha value is 0. The summed E-state index contributed by atoms with van der Waals surface area (Å²) in [5.74, 6) is 1.65. The van der Waals surface area contributed by atoms with Gasteiger partial charge in [0.25, 0.3) is 0 Å². The van der Waals surface area contributed by atoms with Crippen molar-refractivity contribution in [1.29, 1.82) is 0 Å². The SMILES string of the molecule is C[CH-]C(CC)C(C)C. The monoisotopic (exact) mass is 113 g/mol. The molecule has 0 amide bonds. The first-order chi connectivity index (χ1) is 3.72. The average molecular weight is 113 g/mol. The van der Waals surface area contributed by atoms with Gasteiger partial charge >= 0.3 is 0 Å². The zero-order valence-electron chi connectivity index (χ0n) is 6.44. The molecule has 0 nitrogen and oxygen atoms in total. The number of hydrogen-bond acceptors (Lipinski definition) is 0. The van der Waals surface area contributed by atoms with Crippen molar-refractivity contribution in [3.05, 3.63) is 6.42 Å². The first-order valence-electron chi connectivity index (χ1n) is 3.51. The summed E-state index contributed by atoms with van der Waals surface area (Å²) in [7, 11) is 0. The average Bonchev–Trinajstić information content (AvgIpc) is 1.69. The largest absolute Gasteiger partial charge is 0.328 e. The molecule has 0 aliphatic carbocycles. The van der Waals surface area contributed by atoms with E-state index in [1.165, 1.54) is 6.42 Å². The third-order valence-corrected chi connectivity index (χ3v) is 1.76. The van der Waals surface area contributed by atoms with Gasteiger partial charge in [0.05, 0.1) is 0 Å². The summed E-state index contributed by atoms with van der Waals surface area (Å²) < 4.78 is 0. The molecule has 50 valence electrons. The maximum Gasteiger partial charge on any atom is -0.0650 e. The summed E-state index contributed by atoms with van der Waals surface area (Å²) in [6.45, 7) is 8.93. The minimum atomic E-state index is 0.824. The fraction of sp³-hybridized carbons (Fsp3) is 0.875. The van der Waals surface area contributed by atoms with E-state index >= 15 is 0 Å². The predicted octanol–water partition coefficient (Wildman–Crippen LogP) is 2.89. The zero-order valence-corrected chi connectivity index (χ0v) is 6.44. The number of rotatable bonds is 3. The van der Waals surface area contributed by atoms with Gasteiger partial charge in [-0.1, -0.05) is 33.1 Å². The highest BCUT2D eigenvalue weighted by Crippen LogP contribution is 2.16. The quantitative estimate of drug-likeness (QED) is 0.494. The van der Waals surface area contributed by atoms with Crippen LogP contribution in [0.5, 0.6) is 0 Å². The van der Waals surface area contributed by atoms with Gasteiger partial charge in [-0.15, -0.1) is 0 Å². The second kappa shape index (κ2) is 3.94. The van der Waals surface area contributed by atoms with Crippen molar-refractivity contribution >= 4 is 0 Å². The van der Waals surface area contributed by atoms with Gasteiger partial charge in [0, 0.05) is 0 Å². The lowest BCUT2D eigenvalue weighted by molar-refractivity contribution is 0.425. The van der Waals surface area contributed by atoms with Gasteiger partial charge in [-0.2, -0.15) is 12.8 Å². The van der Waals surface area contributed by atoms with E-state index in [2.05, 4.69) is 34.1 Å². The molecule has 0 heteroatoms. The summed E-state index contributed by atoms with van der Waals surface area (Å²) in [5, 5.41) is 0. The predicted molar refractivity (Wildman–Crippen MR) is 38.6 cm³/mol. The van der Waals surface area contributed by atoms with Crippen LogP contribution in [0.4, 0.5) is 0 Å². The van der Waals surface area contributed by atoms with E-state index in [9.17, 15) is 0 Å². The maximum atomic E-state index is 2.30. The van der Waals surface area contributed by atoms with E-state index < -0.39 is 0 Å². The molecule has 0 radical (unpaired) electrons. The van der Waals surface area contributed by atoms with E-state index in [1.807, 2.05) is 0 Å². The van der Waals surface area contributed by atoms with Crippen LogP contribution in [-0.2, 0) is 0 Å².